The number of benzene rings is 1. The minimum absolute atomic E-state index is 0.113. The molecule has 1 rings (SSSR count). The van der Waals surface area contributed by atoms with E-state index in [-0.39, 0.29) is 11.3 Å². The summed E-state index contributed by atoms with van der Waals surface area (Å²) in [6, 6.07) is 6.43. The van der Waals surface area contributed by atoms with Crippen LogP contribution in [-0.2, 0) is 6.42 Å². The van der Waals surface area contributed by atoms with E-state index >= 15 is 0 Å². The summed E-state index contributed by atoms with van der Waals surface area (Å²) in [5, 5.41) is 19.5. The Hall–Kier alpha value is -2.22. The molecule has 0 aliphatic rings. The average Bonchev–Trinajstić information content (AvgIpc) is 2.25. The summed E-state index contributed by atoms with van der Waals surface area (Å²) in [4.78, 5) is 13.9. The summed E-state index contributed by atoms with van der Waals surface area (Å²) in [6.45, 7) is 0. The van der Waals surface area contributed by atoms with Crippen molar-refractivity contribution < 1.29 is 4.92 Å². The second-order valence-corrected chi connectivity index (χ2v) is 2.83. The minimum Gasteiger partial charge on any atom is -0.301 e. The second-order valence-electron chi connectivity index (χ2n) is 2.83. The third kappa shape index (κ3) is 2.38. The zero-order chi connectivity index (χ0) is 11.3. The third-order valence-electron chi connectivity index (χ3n) is 1.93. The molecule has 5 heteroatoms. The number of hydrogen-bond donors (Lipinski definition) is 0. The molecular weight excluding hydrogens is 194 g/mol. The topological polar surface area (TPSA) is 79.3 Å². The first-order chi connectivity index (χ1) is 7.20. The fourth-order valence-corrected chi connectivity index (χ4v) is 1.23. The molecule has 0 saturated heterocycles. The lowest BCUT2D eigenvalue weighted by Gasteiger charge is -2.00. The number of aliphatic imine (C=N–C) groups is 1. The first-order valence-corrected chi connectivity index (χ1v) is 4.27. The lowest BCUT2D eigenvalue weighted by atomic mass is 10.0. The van der Waals surface area contributed by atoms with Crippen LogP contribution in [0.3, 0.4) is 0 Å². The molecule has 15 heavy (non-hydrogen) atoms. The van der Waals surface area contributed by atoms with Crippen LogP contribution in [0.15, 0.2) is 23.2 Å². The predicted molar refractivity (Wildman–Crippen MR) is 55.9 cm³/mol. The molecule has 0 aliphatic carbocycles. The Morgan fingerprint density at radius 2 is 2.40 bits per heavy atom. The molecule has 0 unspecified atom stereocenters. The maximum absolute atomic E-state index is 10.6. The van der Waals surface area contributed by atoms with Gasteiger partial charge in [0, 0.05) is 25.7 Å². The van der Waals surface area contributed by atoms with Gasteiger partial charge < -0.3 is 4.99 Å². The van der Waals surface area contributed by atoms with Crippen molar-refractivity contribution in [3.05, 3.63) is 39.4 Å². The molecule has 0 radical (unpaired) electrons. The van der Waals surface area contributed by atoms with E-state index in [4.69, 9.17) is 5.26 Å². The molecule has 0 fully saturated rings. The number of nitro benzene ring substituents is 1. The maximum Gasteiger partial charge on any atom is 0.287 e. The Labute approximate surface area is 86.8 Å². The smallest absolute Gasteiger partial charge is 0.287 e. The molecule has 1 aromatic carbocycles. The van der Waals surface area contributed by atoms with E-state index < -0.39 is 4.92 Å². The summed E-state index contributed by atoms with van der Waals surface area (Å²) < 4.78 is 0. The van der Waals surface area contributed by atoms with Crippen LogP contribution in [-0.4, -0.2) is 18.2 Å². The summed E-state index contributed by atoms with van der Waals surface area (Å²) >= 11 is 0. The van der Waals surface area contributed by atoms with Gasteiger partial charge in [0.2, 0.25) is 0 Å². The van der Waals surface area contributed by atoms with Crippen LogP contribution in [0, 0.1) is 21.4 Å². The zero-order valence-electron chi connectivity index (χ0n) is 8.17. The lowest BCUT2D eigenvalue weighted by molar-refractivity contribution is -0.385. The van der Waals surface area contributed by atoms with Gasteiger partial charge in [-0.1, -0.05) is 12.1 Å². The van der Waals surface area contributed by atoms with Crippen molar-refractivity contribution in [1.29, 1.82) is 5.26 Å². The summed E-state index contributed by atoms with van der Waals surface area (Å²) in [6.07, 6.45) is 2.04. The van der Waals surface area contributed by atoms with Crippen molar-refractivity contribution in [2.45, 2.75) is 6.42 Å². The maximum atomic E-state index is 10.6. The molecule has 0 atom stereocenters. The first kappa shape index (κ1) is 10.9. The van der Waals surface area contributed by atoms with Crippen molar-refractivity contribution in [3.8, 4) is 6.07 Å². The lowest BCUT2D eigenvalue weighted by Crippen LogP contribution is -1.97. The van der Waals surface area contributed by atoms with Crippen LogP contribution in [0.4, 0.5) is 5.69 Å². The summed E-state index contributed by atoms with van der Waals surface area (Å²) in [5.41, 5.74) is 0.583. The van der Waals surface area contributed by atoms with Gasteiger partial charge in [0.05, 0.1) is 4.92 Å². The highest BCUT2D eigenvalue weighted by Gasteiger charge is 2.15. The quantitative estimate of drug-likeness (QED) is 0.426. The van der Waals surface area contributed by atoms with Gasteiger partial charge >= 0.3 is 0 Å². The van der Waals surface area contributed by atoms with Gasteiger partial charge in [0.15, 0.2) is 0 Å². The van der Waals surface area contributed by atoms with Gasteiger partial charge in [-0.25, -0.2) is 0 Å². The number of hydrogen-bond acceptors (Lipinski definition) is 4. The molecule has 0 aromatic heterocycles. The van der Waals surface area contributed by atoms with Crippen molar-refractivity contribution >= 4 is 11.9 Å². The van der Waals surface area contributed by atoms with E-state index in [1.165, 1.54) is 6.07 Å². The van der Waals surface area contributed by atoms with Crippen molar-refractivity contribution in [2.24, 2.45) is 4.99 Å². The number of nitro groups is 1. The molecule has 76 valence electrons. The normalized spacial score (nSPS) is 10.1. The standard InChI is InChI=1S/C10H9N3O2/c1-12-6-5-8-3-2-4-10(13(14)15)9(8)7-11/h2-4,6H,5H2,1H3. The Kier molecular flexibility index (Phi) is 3.52. The number of rotatable bonds is 3. The van der Waals surface area contributed by atoms with Gasteiger partial charge in [0.25, 0.3) is 5.69 Å². The predicted octanol–water partition coefficient (Wildman–Crippen LogP) is 1.71. The highest BCUT2D eigenvalue weighted by Crippen LogP contribution is 2.21. The van der Waals surface area contributed by atoms with E-state index in [9.17, 15) is 10.1 Å². The van der Waals surface area contributed by atoms with E-state index in [1.54, 1.807) is 25.4 Å². The van der Waals surface area contributed by atoms with Crippen molar-refractivity contribution in [2.75, 3.05) is 7.05 Å². The molecule has 1 aromatic rings. The molecule has 0 N–H and O–H groups in total. The fourth-order valence-electron chi connectivity index (χ4n) is 1.23. The third-order valence-corrected chi connectivity index (χ3v) is 1.93. The molecule has 0 saturated carbocycles. The highest BCUT2D eigenvalue weighted by molar-refractivity contribution is 5.65. The fraction of sp³-hybridized carbons (Fsp3) is 0.200. The van der Waals surface area contributed by atoms with E-state index in [2.05, 4.69) is 4.99 Å². The molecular formula is C10H9N3O2. The molecule has 0 heterocycles. The van der Waals surface area contributed by atoms with E-state index in [0.717, 1.165) is 0 Å². The molecule has 5 nitrogen and oxygen atoms in total. The Morgan fingerprint density at radius 1 is 1.67 bits per heavy atom. The van der Waals surface area contributed by atoms with Crippen LogP contribution in [0.2, 0.25) is 0 Å². The Bertz CT molecular complexity index is 446. The molecule has 0 amide bonds. The Balaban J connectivity index is 3.23. The van der Waals surface area contributed by atoms with Gasteiger partial charge in [0.1, 0.15) is 11.6 Å². The number of nitriles is 1. The van der Waals surface area contributed by atoms with Crippen LogP contribution < -0.4 is 0 Å². The van der Waals surface area contributed by atoms with E-state index in [0.29, 0.717) is 12.0 Å². The van der Waals surface area contributed by atoms with Gasteiger partial charge in [-0.2, -0.15) is 5.26 Å². The van der Waals surface area contributed by atoms with Crippen LogP contribution >= 0.6 is 0 Å². The highest BCUT2D eigenvalue weighted by atomic mass is 16.6. The molecule has 0 aliphatic heterocycles. The number of nitrogens with zero attached hydrogens (tertiary/aromatic N) is 3. The van der Waals surface area contributed by atoms with E-state index in [1.807, 2.05) is 6.07 Å². The van der Waals surface area contributed by atoms with Gasteiger partial charge in [-0.05, 0) is 5.56 Å². The van der Waals surface area contributed by atoms with Gasteiger partial charge in [-0.15, -0.1) is 0 Å². The SMILES string of the molecule is CN=CCc1cccc([N+](=O)[O-])c1C#N. The minimum atomic E-state index is -0.550. The summed E-state index contributed by atoms with van der Waals surface area (Å²) in [5.74, 6) is 0. The van der Waals surface area contributed by atoms with Crippen LogP contribution in [0.25, 0.3) is 0 Å². The van der Waals surface area contributed by atoms with Crippen molar-refractivity contribution in [3.63, 3.8) is 0 Å². The summed E-state index contributed by atoms with van der Waals surface area (Å²) in [7, 11) is 1.61. The Morgan fingerprint density at radius 3 is 2.93 bits per heavy atom. The monoisotopic (exact) mass is 203 g/mol. The van der Waals surface area contributed by atoms with Gasteiger partial charge in [-0.3, -0.25) is 10.1 Å². The molecule has 0 bridgehead atoms. The van der Waals surface area contributed by atoms with Crippen LogP contribution in [0.1, 0.15) is 11.1 Å². The zero-order valence-corrected chi connectivity index (χ0v) is 8.17. The second kappa shape index (κ2) is 4.86. The van der Waals surface area contributed by atoms with Crippen molar-refractivity contribution in [1.82, 2.24) is 0 Å². The van der Waals surface area contributed by atoms with Crippen LogP contribution in [0.5, 0.6) is 0 Å². The largest absolute Gasteiger partial charge is 0.301 e. The molecule has 0 spiro atoms. The average molecular weight is 203 g/mol. The first-order valence-electron chi connectivity index (χ1n) is 4.27.